The highest BCUT2D eigenvalue weighted by Crippen LogP contribution is 2.17. The average Bonchev–Trinajstić information content (AvgIpc) is 2.95. The van der Waals surface area contributed by atoms with Crippen molar-refractivity contribution in [2.75, 3.05) is 40.0 Å². The van der Waals surface area contributed by atoms with Crippen molar-refractivity contribution >= 4 is 23.1 Å². The molecule has 0 radical (unpaired) electrons. The number of ketones is 1. The van der Waals surface area contributed by atoms with E-state index >= 15 is 0 Å². The largest absolute Gasteiger partial charge is 0.465 e. The molecule has 1 aliphatic rings. The van der Waals surface area contributed by atoms with E-state index in [4.69, 9.17) is 4.74 Å². The first-order chi connectivity index (χ1) is 9.20. The third-order valence-corrected chi connectivity index (χ3v) is 4.03. The number of ether oxygens (including phenoxy) is 2. The van der Waals surface area contributed by atoms with Crippen molar-refractivity contribution in [3.8, 4) is 0 Å². The zero-order chi connectivity index (χ0) is 13.7. The van der Waals surface area contributed by atoms with E-state index in [-0.39, 0.29) is 5.78 Å². The maximum absolute atomic E-state index is 12.0. The van der Waals surface area contributed by atoms with Crippen LogP contribution in [0, 0.1) is 0 Å². The zero-order valence-corrected chi connectivity index (χ0v) is 11.7. The van der Waals surface area contributed by atoms with Crippen LogP contribution in [0.25, 0.3) is 0 Å². The monoisotopic (exact) mass is 283 g/mol. The van der Waals surface area contributed by atoms with Gasteiger partial charge in [-0.05, 0) is 6.07 Å². The summed E-state index contributed by atoms with van der Waals surface area (Å²) in [5, 5.41) is 1.66. The highest BCUT2D eigenvalue weighted by molar-refractivity contribution is 7.12. The lowest BCUT2D eigenvalue weighted by atomic mass is 10.2. The molecule has 0 bridgehead atoms. The van der Waals surface area contributed by atoms with Crippen LogP contribution in [0.2, 0.25) is 0 Å². The summed E-state index contributed by atoms with van der Waals surface area (Å²) in [6.45, 7) is 3.98. The number of hydrogen-bond donors (Lipinski definition) is 0. The van der Waals surface area contributed by atoms with E-state index in [0.29, 0.717) is 16.9 Å². The second kappa shape index (κ2) is 6.79. The Morgan fingerprint density at radius 2 is 2.16 bits per heavy atom. The Labute approximate surface area is 116 Å². The summed E-state index contributed by atoms with van der Waals surface area (Å²) in [4.78, 5) is 26.2. The van der Waals surface area contributed by atoms with E-state index < -0.39 is 5.97 Å². The Kier molecular flexibility index (Phi) is 5.07. The summed E-state index contributed by atoms with van der Waals surface area (Å²) in [6.07, 6.45) is 0.473. The normalized spacial score (nSPS) is 16.3. The van der Waals surface area contributed by atoms with Crippen molar-refractivity contribution < 1.29 is 19.1 Å². The molecule has 1 aromatic rings. The first-order valence-electron chi connectivity index (χ1n) is 6.21. The molecule has 0 unspecified atom stereocenters. The number of morpholine rings is 1. The molecule has 0 spiro atoms. The number of rotatable bonds is 5. The van der Waals surface area contributed by atoms with Gasteiger partial charge in [-0.15, -0.1) is 11.3 Å². The molecule has 1 saturated heterocycles. The first-order valence-corrected chi connectivity index (χ1v) is 7.09. The molecule has 6 heteroatoms. The van der Waals surface area contributed by atoms with Gasteiger partial charge in [-0.25, -0.2) is 4.79 Å². The van der Waals surface area contributed by atoms with Gasteiger partial charge in [0, 0.05) is 31.4 Å². The number of Topliss-reactive ketones (excluding diaryl/α,β-unsaturated/α-hetero) is 1. The van der Waals surface area contributed by atoms with Crippen LogP contribution in [0.15, 0.2) is 11.4 Å². The van der Waals surface area contributed by atoms with Crippen LogP contribution in [0.4, 0.5) is 0 Å². The van der Waals surface area contributed by atoms with Crippen molar-refractivity contribution in [3.63, 3.8) is 0 Å². The Hall–Kier alpha value is -1.24. The molecule has 1 aliphatic heterocycles. The number of carbonyl (C=O) groups excluding carboxylic acids is 2. The van der Waals surface area contributed by atoms with Gasteiger partial charge in [0.15, 0.2) is 5.78 Å². The van der Waals surface area contributed by atoms with Gasteiger partial charge in [-0.1, -0.05) is 0 Å². The maximum Gasteiger partial charge on any atom is 0.338 e. The molecule has 2 heterocycles. The van der Waals surface area contributed by atoms with Gasteiger partial charge < -0.3 is 9.47 Å². The Morgan fingerprint density at radius 1 is 1.42 bits per heavy atom. The molecule has 1 aromatic heterocycles. The molecule has 19 heavy (non-hydrogen) atoms. The van der Waals surface area contributed by atoms with E-state index in [0.717, 1.165) is 32.8 Å². The third-order valence-electron chi connectivity index (χ3n) is 3.05. The molecule has 1 fully saturated rings. The van der Waals surface area contributed by atoms with E-state index in [2.05, 4.69) is 9.64 Å². The number of thiophene rings is 1. The van der Waals surface area contributed by atoms with Crippen LogP contribution in [-0.2, 0) is 9.47 Å². The van der Waals surface area contributed by atoms with Crippen LogP contribution in [0.1, 0.15) is 26.5 Å². The summed E-state index contributed by atoms with van der Waals surface area (Å²) >= 11 is 1.29. The maximum atomic E-state index is 12.0. The number of esters is 1. The number of methoxy groups -OCH3 is 1. The number of nitrogens with zero attached hydrogens (tertiary/aromatic N) is 1. The van der Waals surface area contributed by atoms with Crippen molar-refractivity contribution in [2.24, 2.45) is 0 Å². The Morgan fingerprint density at radius 3 is 2.84 bits per heavy atom. The predicted octanol–water partition coefficient (Wildman–Crippen LogP) is 1.44. The van der Waals surface area contributed by atoms with E-state index in [1.807, 2.05) is 0 Å². The van der Waals surface area contributed by atoms with Crippen molar-refractivity contribution in [2.45, 2.75) is 6.42 Å². The molecule has 0 amide bonds. The minimum atomic E-state index is -0.400. The standard InChI is InChI=1S/C13H17NO4S/c1-17-13(16)10-8-12(19-9-10)11(15)2-3-14-4-6-18-7-5-14/h8-9H,2-7H2,1H3. The lowest BCUT2D eigenvalue weighted by Gasteiger charge is -2.26. The van der Waals surface area contributed by atoms with Gasteiger partial charge >= 0.3 is 5.97 Å². The van der Waals surface area contributed by atoms with Crippen LogP contribution in [0.3, 0.4) is 0 Å². The summed E-state index contributed by atoms with van der Waals surface area (Å²) in [5.41, 5.74) is 0.447. The van der Waals surface area contributed by atoms with Crippen molar-refractivity contribution in [1.82, 2.24) is 4.90 Å². The van der Waals surface area contributed by atoms with Crippen LogP contribution in [0.5, 0.6) is 0 Å². The second-order valence-electron chi connectivity index (χ2n) is 4.32. The molecule has 0 aromatic carbocycles. The molecular weight excluding hydrogens is 266 g/mol. The molecular formula is C13H17NO4S. The summed E-state index contributed by atoms with van der Waals surface area (Å²) in [7, 11) is 1.33. The Balaban J connectivity index is 1.85. The van der Waals surface area contributed by atoms with Gasteiger partial charge in [0.2, 0.25) is 0 Å². The molecule has 0 saturated carbocycles. The molecule has 2 rings (SSSR count). The van der Waals surface area contributed by atoms with E-state index in [9.17, 15) is 9.59 Å². The molecule has 104 valence electrons. The predicted molar refractivity (Wildman–Crippen MR) is 71.9 cm³/mol. The van der Waals surface area contributed by atoms with Gasteiger partial charge in [-0.3, -0.25) is 9.69 Å². The lowest BCUT2D eigenvalue weighted by molar-refractivity contribution is 0.0370. The lowest BCUT2D eigenvalue weighted by Crippen LogP contribution is -2.37. The zero-order valence-electron chi connectivity index (χ0n) is 10.9. The van der Waals surface area contributed by atoms with E-state index in [1.54, 1.807) is 11.4 Å². The summed E-state index contributed by atoms with van der Waals surface area (Å²) in [5.74, 6) is -0.324. The molecule has 0 atom stereocenters. The Bertz CT molecular complexity index is 451. The fraction of sp³-hybridized carbons (Fsp3) is 0.538. The quantitative estimate of drug-likeness (QED) is 0.604. The SMILES string of the molecule is COC(=O)c1csc(C(=O)CCN2CCOCC2)c1. The minimum absolute atomic E-state index is 0.0756. The smallest absolute Gasteiger partial charge is 0.338 e. The first kappa shape index (κ1) is 14.2. The van der Waals surface area contributed by atoms with Gasteiger partial charge in [0.25, 0.3) is 0 Å². The number of hydrogen-bond acceptors (Lipinski definition) is 6. The highest BCUT2D eigenvalue weighted by atomic mass is 32.1. The highest BCUT2D eigenvalue weighted by Gasteiger charge is 2.16. The van der Waals surface area contributed by atoms with Crippen LogP contribution in [-0.4, -0.2) is 56.6 Å². The van der Waals surface area contributed by atoms with Crippen LogP contribution >= 0.6 is 11.3 Å². The second-order valence-corrected chi connectivity index (χ2v) is 5.23. The fourth-order valence-corrected chi connectivity index (χ4v) is 2.76. The van der Waals surface area contributed by atoms with Gasteiger partial charge in [0.05, 0.1) is 30.8 Å². The summed E-state index contributed by atoms with van der Waals surface area (Å²) in [6, 6.07) is 1.61. The average molecular weight is 283 g/mol. The van der Waals surface area contributed by atoms with Gasteiger partial charge in [-0.2, -0.15) is 0 Å². The van der Waals surface area contributed by atoms with Gasteiger partial charge in [0.1, 0.15) is 0 Å². The molecule has 0 N–H and O–H groups in total. The van der Waals surface area contributed by atoms with E-state index in [1.165, 1.54) is 18.4 Å². The number of carbonyl (C=O) groups is 2. The third kappa shape index (κ3) is 3.86. The molecule has 0 aliphatic carbocycles. The van der Waals surface area contributed by atoms with Crippen molar-refractivity contribution in [3.05, 3.63) is 21.9 Å². The molecule has 5 nitrogen and oxygen atoms in total. The fourth-order valence-electron chi connectivity index (χ4n) is 1.91. The van der Waals surface area contributed by atoms with Crippen LogP contribution < -0.4 is 0 Å². The summed E-state index contributed by atoms with van der Waals surface area (Å²) < 4.78 is 9.88. The topological polar surface area (TPSA) is 55.8 Å². The van der Waals surface area contributed by atoms with Crippen molar-refractivity contribution in [1.29, 1.82) is 0 Å². The minimum Gasteiger partial charge on any atom is -0.465 e.